The Labute approximate surface area is 559 Å². The number of aryl methyl sites for hydroxylation is 1. The summed E-state index contributed by atoms with van der Waals surface area (Å²) in [6.45, 7) is 5.19. The molecule has 1 aliphatic rings. The Morgan fingerprint density at radius 2 is 0.969 bits per heavy atom. The molecule has 19 heteroatoms. The molecule has 0 aliphatic carbocycles. The summed E-state index contributed by atoms with van der Waals surface area (Å²) in [5, 5.41) is 31.5. The van der Waals surface area contributed by atoms with Crippen molar-refractivity contribution in [2.45, 2.75) is 65.7 Å². The fourth-order valence-corrected chi connectivity index (χ4v) is 11.3. The first kappa shape index (κ1) is 63.5. The Morgan fingerprint density at radius 1 is 0.505 bits per heavy atom. The lowest BCUT2D eigenvalue weighted by Crippen LogP contribution is -2.25. The van der Waals surface area contributed by atoms with Gasteiger partial charge in [-0.2, -0.15) is 0 Å². The Balaban J connectivity index is 0.000000132. The Kier molecular flexibility index (Phi) is 18.7. The normalized spacial score (nSPS) is 11.9. The first-order valence-corrected chi connectivity index (χ1v) is 31.9. The number of esters is 1. The van der Waals surface area contributed by atoms with E-state index >= 15 is 0 Å². The number of aliphatic imine (C=N–C) groups is 1. The molecule has 0 radical (unpaired) electrons. The molecule has 0 atom stereocenters. The third-order valence-electron chi connectivity index (χ3n) is 16.3. The number of phenolic OH excluding ortho intramolecular Hbond substituents is 1. The van der Waals surface area contributed by atoms with Crippen molar-refractivity contribution in [2.75, 3.05) is 6.79 Å². The van der Waals surface area contributed by atoms with E-state index in [1.807, 2.05) is 180 Å². The largest absolute Gasteiger partial charge is 0.508 e. The van der Waals surface area contributed by atoms with Crippen LogP contribution in [0.2, 0.25) is 0 Å². The molecule has 0 fully saturated rings. The molecule has 6 aromatic carbocycles. The first-order valence-electron chi connectivity index (χ1n) is 31.9. The molecule has 8 aromatic heterocycles. The van der Waals surface area contributed by atoms with Crippen LogP contribution in [-0.2, 0) is 55.1 Å². The molecule has 19 nitrogen and oxygen atoms in total. The van der Waals surface area contributed by atoms with E-state index in [1.54, 1.807) is 78.7 Å². The lowest BCUT2D eigenvalue weighted by Gasteiger charge is -2.17. The number of carbonyl (C=O) groups excluding carboxylic acids is 1. The van der Waals surface area contributed by atoms with Crippen molar-refractivity contribution in [3.05, 3.63) is 300 Å². The molecule has 484 valence electrons. The van der Waals surface area contributed by atoms with Gasteiger partial charge in [-0.25, -0.2) is 34.9 Å². The maximum Gasteiger partial charge on any atom is 0.314 e. The maximum absolute atomic E-state index is 12.3. The van der Waals surface area contributed by atoms with Crippen LogP contribution in [0.1, 0.15) is 89.6 Å². The van der Waals surface area contributed by atoms with Crippen LogP contribution in [0.5, 0.6) is 23.4 Å². The molecule has 3 N–H and O–H groups in total. The van der Waals surface area contributed by atoms with E-state index in [4.69, 9.17) is 43.8 Å². The summed E-state index contributed by atoms with van der Waals surface area (Å²) in [6, 6.07) is 61.0. The van der Waals surface area contributed by atoms with E-state index in [1.165, 1.54) is 0 Å². The van der Waals surface area contributed by atoms with Crippen molar-refractivity contribution in [3.8, 4) is 57.2 Å². The summed E-state index contributed by atoms with van der Waals surface area (Å²) in [4.78, 5) is 50.3. The molecule has 97 heavy (non-hydrogen) atoms. The molecule has 0 saturated heterocycles. The molecule has 15 rings (SSSR count). The minimum atomic E-state index is -0.632. The maximum atomic E-state index is 12.3. The molecule has 0 amide bonds. The number of aromatic hydroxyl groups is 3. The van der Waals surface area contributed by atoms with Crippen LogP contribution >= 0.6 is 0 Å². The van der Waals surface area contributed by atoms with Gasteiger partial charge in [-0.15, -0.1) is 0 Å². The zero-order valence-electron chi connectivity index (χ0n) is 54.0. The molecule has 14 aromatic rings. The van der Waals surface area contributed by atoms with Crippen molar-refractivity contribution < 1.29 is 34.0 Å². The van der Waals surface area contributed by atoms with Gasteiger partial charge < -0.3 is 33.8 Å². The molecule has 9 heterocycles. The monoisotopic (exact) mass is 1290 g/mol. The van der Waals surface area contributed by atoms with E-state index < -0.39 is 5.41 Å². The highest BCUT2D eigenvalue weighted by molar-refractivity contribution is 5.90. The topological polar surface area (TPSA) is 230 Å². The van der Waals surface area contributed by atoms with Gasteiger partial charge in [0.05, 0.1) is 58.7 Å². The zero-order valence-corrected chi connectivity index (χ0v) is 54.0. The Hall–Kier alpha value is -12.3. The Bertz CT molecular complexity index is 5080. The first-order chi connectivity index (χ1) is 47.2. The number of furan rings is 1. The van der Waals surface area contributed by atoms with Crippen LogP contribution < -0.4 is 4.74 Å². The van der Waals surface area contributed by atoms with E-state index in [2.05, 4.69) is 34.2 Å². The van der Waals surface area contributed by atoms with Crippen LogP contribution in [0.15, 0.2) is 247 Å². The number of rotatable bonds is 18. The number of hydrogen-bond donors (Lipinski definition) is 3. The van der Waals surface area contributed by atoms with Gasteiger partial charge in [0, 0.05) is 98.7 Å². The smallest absolute Gasteiger partial charge is 0.314 e. The molecular formula is C78H70N12O7. The molecule has 0 bridgehead atoms. The number of imidazole rings is 4. The van der Waals surface area contributed by atoms with Gasteiger partial charge in [0.25, 0.3) is 0 Å². The number of hydrogen-bond acceptors (Lipinski definition) is 15. The second-order valence-corrected chi connectivity index (χ2v) is 24.5. The molecule has 0 saturated carbocycles. The van der Waals surface area contributed by atoms with Gasteiger partial charge in [-0.1, -0.05) is 158 Å². The minimum absolute atomic E-state index is 0.0785. The van der Waals surface area contributed by atoms with Gasteiger partial charge in [-0.3, -0.25) is 23.0 Å². The number of aromatic nitrogens is 11. The van der Waals surface area contributed by atoms with E-state index in [0.29, 0.717) is 84.1 Å². The number of allylic oxidation sites excluding steroid dienone is 1. The van der Waals surface area contributed by atoms with Crippen LogP contribution in [0, 0.1) is 5.41 Å². The SMILES string of the molecule is CC(C)(C)C(=O)OCOc1c(Cc2ccco2)nc2c(Cc3ccccc3)nc(-c3ccccc3)cn12.Cn1ccnc1Cc1nc2c(Cc3ccccc3)nc(-c3ccc(O)cc3)cn2c1O.Oc1c(CC2=NC=CC2)nc2c(Cc3ccccc3)nc(-c3ccccc3)cn12. The highest BCUT2D eigenvalue weighted by Crippen LogP contribution is 2.33. The van der Waals surface area contributed by atoms with E-state index in [0.717, 1.165) is 85.6 Å². The predicted molar refractivity (Wildman–Crippen MR) is 371 cm³/mol. The summed E-state index contributed by atoms with van der Waals surface area (Å²) in [5.74, 6) is 2.14. The predicted octanol–water partition coefficient (Wildman–Crippen LogP) is 14.4. The number of benzene rings is 6. The van der Waals surface area contributed by atoms with Crippen molar-refractivity contribution in [2.24, 2.45) is 17.5 Å². The summed E-state index contributed by atoms with van der Waals surface area (Å²) in [6.07, 6.45) is 18.6. The van der Waals surface area contributed by atoms with Crippen LogP contribution in [-0.4, -0.2) is 86.5 Å². The van der Waals surface area contributed by atoms with Gasteiger partial charge in [0.1, 0.15) is 34.4 Å². The number of ether oxygens (including phenoxy) is 2. The average molecular weight is 1290 g/mol. The second-order valence-electron chi connectivity index (χ2n) is 24.5. The van der Waals surface area contributed by atoms with Crippen LogP contribution in [0.25, 0.3) is 50.7 Å². The van der Waals surface area contributed by atoms with Gasteiger partial charge >= 0.3 is 5.97 Å². The lowest BCUT2D eigenvalue weighted by molar-refractivity contribution is -0.159. The molecule has 1 aliphatic heterocycles. The van der Waals surface area contributed by atoms with Crippen molar-refractivity contribution in [3.63, 3.8) is 0 Å². The van der Waals surface area contributed by atoms with E-state index in [-0.39, 0.29) is 30.3 Å². The number of nitrogens with zero attached hydrogens (tertiary/aromatic N) is 12. The van der Waals surface area contributed by atoms with Crippen molar-refractivity contribution >= 4 is 28.6 Å². The quantitative estimate of drug-likeness (QED) is 0.0536. The standard InChI is InChI=1S/C30H29N3O4.C24H21N5O2.C24H20N4O/c1-30(2,3)29(34)37-20-36-28-25(18-23-15-10-16-35-23)32-27-24(17-21-11-6-4-7-12-21)31-26(19-33(27)28)22-13-8-5-9-14-22;1-28-12-11-25-22(28)14-20-24(31)29-15-21(17-7-9-18(30)10-8-17)26-19(23(29)27-20)13-16-5-3-2-4-6-16;29-24-21(15-19-12-7-13-25-19)27-23-20(14-17-8-3-1-4-9-17)26-22(16-28(23)24)18-10-5-2-6-11-18/h4-16,19H,17-18,20H2,1-3H3;2-12,15,30-31H,13-14H2,1H3;1-11,13,16,29H,12,14-15H2. The van der Waals surface area contributed by atoms with E-state index in [9.17, 15) is 20.1 Å². The second kappa shape index (κ2) is 28.5. The lowest BCUT2D eigenvalue weighted by atomic mass is 9.98. The van der Waals surface area contributed by atoms with Crippen LogP contribution in [0.3, 0.4) is 0 Å². The third-order valence-corrected chi connectivity index (χ3v) is 16.3. The molecular weight excluding hydrogens is 1220 g/mol. The minimum Gasteiger partial charge on any atom is -0.508 e. The number of fused-ring (bicyclic) bond motifs is 3. The highest BCUT2D eigenvalue weighted by atomic mass is 16.7. The van der Waals surface area contributed by atoms with Gasteiger partial charge in [0.2, 0.25) is 24.4 Å². The van der Waals surface area contributed by atoms with Gasteiger partial charge in [0.15, 0.2) is 16.9 Å². The summed E-state index contributed by atoms with van der Waals surface area (Å²) in [7, 11) is 1.92. The zero-order chi connectivity index (χ0) is 66.8. The fourth-order valence-electron chi connectivity index (χ4n) is 11.3. The number of phenols is 1. The van der Waals surface area contributed by atoms with Crippen molar-refractivity contribution in [1.29, 1.82) is 0 Å². The van der Waals surface area contributed by atoms with Crippen molar-refractivity contribution in [1.82, 2.24) is 52.7 Å². The highest BCUT2D eigenvalue weighted by Gasteiger charge is 2.26. The third kappa shape index (κ3) is 14.9. The Morgan fingerprint density at radius 3 is 1.42 bits per heavy atom. The summed E-state index contributed by atoms with van der Waals surface area (Å²) in [5.41, 5.74) is 15.1. The van der Waals surface area contributed by atoms with Gasteiger partial charge in [-0.05, 0) is 73.9 Å². The fraction of sp³-hybridized carbons (Fsp3) is 0.167. The summed E-state index contributed by atoms with van der Waals surface area (Å²) >= 11 is 0. The average Bonchev–Trinajstić information content (AvgIpc) is 1.65. The molecule has 0 spiro atoms. The summed E-state index contributed by atoms with van der Waals surface area (Å²) < 4.78 is 24.3. The van der Waals surface area contributed by atoms with Crippen LogP contribution in [0.4, 0.5) is 0 Å². The molecule has 0 unspecified atom stereocenters. The number of carbonyl (C=O) groups is 1.